The lowest BCUT2D eigenvalue weighted by Gasteiger charge is -2.37. The third kappa shape index (κ3) is 4.95. The Balaban J connectivity index is 1.74. The van der Waals surface area contributed by atoms with Gasteiger partial charge in [-0.1, -0.05) is 58.6 Å². The number of fused-ring (bicyclic) bond motifs is 1. The topological polar surface area (TPSA) is 96.4 Å². The van der Waals surface area contributed by atoms with E-state index in [0.717, 1.165) is 12.8 Å². The van der Waals surface area contributed by atoms with E-state index >= 15 is 0 Å². The molecule has 1 aromatic carbocycles. The number of halogens is 2. The Bertz CT molecular complexity index is 1040. The van der Waals surface area contributed by atoms with Crippen LogP contribution in [0.1, 0.15) is 39.0 Å². The number of para-hydroxylation sites is 1. The molecule has 3 aliphatic rings. The lowest BCUT2D eigenvalue weighted by atomic mass is 9.70. The minimum atomic E-state index is -1.16. The molecule has 3 saturated heterocycles. The number of aliphatic hydroxyl groups is 1. The number of nitrogens with zero attached hydrogens (tertiary/aromatic N) is 2. The van der Waals surface area contributed by atoms with Crippen molar-refractivity contribution in [2.45, 2.75) is 61.6 Å². The number of hydrogen-bond acceptors (Lipinski definition) is 6. The van der Waals surface area contributed by atoms with Gasteiger partial charge in [-0.05, 0) is 38.3 Å². The van der Waals surface area contributed by atoms with Crippen LogP contribution in [0.3, 0.4) is 0 Å². The van der Waals surface area contributed by atoms with Gasteiger partial charge >= 0.3 is 5.97 Å². The zero-order valence-electron chi connectivity index (χ0n) is 21.0. The Hall–Kier alpha value is -1.94. The van der Waals surface area contributed by atoms with Crippen LogP contribution in [-0.4, -0.2) is 76.7 Å². The predicted octanol–water partition coefficient (Wildman–Crippen LogP) is 3.72. The van der Waals surface area contributed by atoms with Crippen LogP contribution in [0, 0.1) is 11.8 Å². The van der Waals surface area contributed by atoms with E-state index in [0.29, 0.717) is 36.5 Å². The minimum absolute atomic E-state index is 0.117. The third-order valence-corrected chi connectivity index (χ3v) is 8.77. The van der Waals surface area contributed by atoms with Gasteiger partial charge in [0.2, 0.25) is 5.91 Å². The average Bonchev–Trinajstić information content (AvgIpc) is 3.46. The van der Waals surface area contributed by atoms with Crippen molar-refractivity contribution in [2.24, 2.45) is 11.8 Å². The van der Waals surface area contributed by atoms with Gasteiger partial charge in [0.15, 0.2) is 0 Å². The molecule has 2 amide bonds. The van der Waals surface area contributed by atoms with Crippen LogP contribution in [-0.2, 0) is 23.9 Å². The number of ether oxygens (including phenoxy) is 2. The summed E-state index contributed by atoms with van der Waals surface area (Å²) in [6.45, 7) is 6.40. The fourth-order valence-corrected chi connectivity index (χ4v) is 7.34. The van der Waals surface area contributed by atoms with Gasteiger partial charge < -0.3 is 24.4 Å². The molecule has 1 N–H and O–H groups in total. The second kappa shape index (κ2) is 11.8. The first-order valence-corrected chi connectivity index (χ1v) is 14.2. The number of esters is 1. The molecule has 202 valence electrons. The van der Waals surface area contributed by atoms with Gasteiger partial charge in [-0.15, -0.1) is 6.58 Å². The maximum atomic E-state index is 14.4. The summed E-state index contributed by atoms with van der Waals surface area (Å²) >= 11 is 10.1. The molecule has 0 aliphatic carbocycles. The molecule has 37 heavy (non-hydrogen) atoms. The maximum absolute atomic E-state index is 14.4. The SMILES string of the molecule is C=CCN(C(=O)C1N(CCCCCCO)C(=O)[C@@H]2[C@@H](C(=O)OCC)[C@@H]3OC12CC3Br)c1ccccc1Cl. The van der Waals surface area contributed by atoms with Gasteiger partial charge in [-0.2, -0.15) is 0 Å². The number of carbonyl (C=O) groups is 3. The highest BCUT2D eigenvalue weighted by atomic mass is 79.9. The smallest absolute Gasteiger partial charge is 0.312 e. The van der Waals surface area contributed by atoms with Crippen LogP contribution in [0.25, 0.3) is 0 Å². The van der Waals surface area contributed by atoms with E-state index in [1.807, 2.05) is 0 Å². The van der Waals surface area contributed by atoms with Crippen LogP contribution in [0.4, 0.5) is 5.69 Å². The zero-order chi connectivity index (χ0) is 26.7. The summed E-state index contributed by atoms with van der Waals surface area (Å²) in [6, 6.07) is 6.13. The minimum Gasteiger partial charge on any atom is -0.466 e. The Kier molecular flexibility index (Phi) is 8.99. The molecule has 2 bridgehead atoms. The van der Waals surface area contributed by atoms with Crippen molar-refractivity contribution in [2.75, 3.05) is 31.2 Å². The molecule has 0 saturated carbocycles. The number of hydrogen-bond donors (Lipinski definition) is 1. The van der Waals surface area contributed by atoms with Crippen LogP contribution < -0.4 is 4.90 Å². The van der Waals surface area contributed by atoms with Crippen LogP contribution >= 0.6 is 27.5 Å². The quantitative estimate of drug-likeness (QED) is 0.171. The van der Waals surface area contributed by atoms with Crippen LogP contribution in [0.15, 0.2) is 36.9 Å². The highest BCUT2D eigenvalue weighted by molar-refractivity contribution is 9.09. The fourth-order valence-electron chi connectivity index (χ4n) is 6.16. The van der Waals surface area contributed by atoms with Crippen molar-refractivity contribution < 1.29 is 29.0 Å². The van der Waals surface area contributed by atoms with E-state index in [4.69, 9.17) is 26.2 Å². The monoisotopic (exact) mass is 596 g/mol. The summed E-state index contributed by atoms with van der Waals surface area (Å²) in [7, 11) is 0. The second-order valence-electron chi connectivity index (χ2n) is 9.77. The average molecular weight is 598 g/mol. The van der Waals surface area contributed by atoms with E-state index < -0.39 is 35.6 Å². The molecule has 10 heteroatoms. The van der Waals surface area contributed by atoms with Crippen LogP contribution in [0.2, 0.25) is 5.02 Å². The first-order chi connectivity index (χ1) is 17.8. The van der Waals surface area contributed by atoms with Crippen LogP contribution in [0.5, 0.6) is 0 Å². The number of carbonyl (C=O) groups excluding carboxylic acids is 3. The van der Waals surface area contributed by atoms with Gasteiger partial charge in [0.25, 0.3) is 5.91 Å². The number of rotatable bonds is 12. The third-order valence-electron chi connectivity index (χ3n) is 7.61. The highest BCUT2D eigenvalue weighted by Gasteiger charge is 2.77. The number of alkyl halides is 1. The number of likely N-dealkylation sites (tertiary alicyclic amines) is 1. The Labute approximate surface area is 231 Å². The number of aliphatic hydroxyl groups excluding tert-OH is 1. The van der Waals surface area contributed by atoms with Crippen molar-refractivity contribution >= 4 is 51.0 Å². The van der Waals surface area contributed by atoms with Gasteiger partial charge in [-0.3, -0.25) is 14.4 Å². The number of amides is 2. The summed E-state index contributed by atoms with van der Waals surface area (Å²) in [5.74, 6) is -2.62. The van der Waals surface area contributed by atoms with Gasteiger partial charge in [0, 0.05) is 24.5 Å². The van der Waals surface area contributed by atoms with Crippen molar-refractivity contribution in [1.82, 2.24) is 4.90 Å². The molecule has 1 aromatic rings. The first kappa shape index (κ1) is 28.1. The molecule has 0 aromatic heterocycles. The van der Waals surface area contributed by atoms with Crippen molar-refractivity contribution in [1.29, 1.82) is 0 Å². The molecule has 3 fully saturated rings. The molecule has 0 radical (unpaired) electrons. The molecule has 3 unspecified atom stereocenters. The largest absolute Gasteiger partial charge is 0.466 e. The van der Waals surface area contributed by atoms with E-state index in [2.05, 4.69) is 22.5 Å². The summed E-state index contributed by atoms with van der Waals surface area (Å²) in [5.41, 5.74) is -0.634. The standard InChI is InChI=1S/C27H34BrClN2O6/c1-3-13-30(19-12-8-7-11-18(19)29)25(34)23-27-16-17(28)22(37-27)20(26(35)36-4-2)21(27)24(33)31(23)14-9-5-6-10-15-32/h3,7-8,11-12,17,20-23,32H,1,4-6,9-10,13-16H2,2H3/t17?,20-,21+,22-,23?,27?/m1/s1. The van der Waals surface area contributed by atoms with E-state index in [1.165, 1.54) is 0 Å². The normalized spacial score (nSPS) is 29.9. The van der Waals surface area contributed by atoms with Gasteiger partial charge in [0.1, 0.15) is 11.6 Å². The number of unbranched alkanes of at least 4 members (excludes halogenated alkanes) is 3. The Morgan fingerprint density at radius 1 is 1.32 bits per heavy atom. The summed E-state index contributed by atoms with van der Waals surface area (Å²) in [4.78, 5) is 44.4. The molecular weight excluding hydrogens is 564 g/mol. The van der Waals surface area contributed by atoms with Gasteiger partial charge in [0.05, 0.1) is 35.3 Å². The summed E-state index contributed by atoms with van der Waals surface area (Å²) in [6.07, 6.45) is 4.46. The predicted molar refractivity (Wildman–Crippen MR) is 144 cm³/mol. The molecule has 3 heterocycles. The van der Waals surface area contributed by atoms with Crippen molar-refractivity contribution in [3.05, 3.63) is 41.9 Å². The molecule has 6 atom stereocenters. The van der Waals surface area contributed by atoms with E-state index in [9.17, 15) is 14.4 Å². The summed E-state index contributed by atoms with van der Waals surface area (Å²) < 4.78 is 11.8. The van der Waals surface area contributed by atoms with E-state index in [-0.39, 0.29) is 36.4 Å². The maximum Gasteiger partial charge on any atom is 0.312 e. The van der Waals surface area contributed by atoms with Gasteiger partial charge in [-0.25, -0.2) is 0 Å². The molecule has 8 nitrogen and oxygen atoms in total. The molecule has 4 rings (SSSR count). The first-order valence-electron chi connectivity index (χ1n) is 12.9. The Morgan fingerprint density at radius 2 is 2.05 bits per heavy atom. The van der Waals surface area contributed by atoms with E-state index in [1.54, 1.807) is 47.1 Å². The number of benzene rings is 1. The number of anilines is 1. The zero-order valence-corrected chi connectivity index (χ0v) is 23.3. The molecule has 1 spiro atoms. The second-order valence-corrected chi connectivity index (χ2v) is 11.4. The van der Waals surface area contributed by atoms with Crippen molar-refractivity contribution in [3.63, 3.8) is 0 Å². The lowest BCUT2D eigenvalue weighted by molar-refractivity contribution is -0.154. The van der Waals surface area contributed by atoms with Crippen molar-refractivity contribution in [3.8, 4) is 0 Å². The fraction of sp³-hybridized carbons (Fsp3) is 0.593. The molecule has 3 aliphatic heterocycles. The Morgan fingerprint density at radius 3 is 2.73 bits per heavy atom. The molecular formula is C27H34BrClN2O6. The summed E-state index contributed by atoms with van der Waals surface area (Å²) in [5, 5.41) is 9.52. The highest BCUT2D eigenvalue weighted by Crippen LogP contribution is 2.60. The lowest BCUT2D eigenvalue weighted by Crippen LogP contribution is -2.57.